The van der Waals surface area contributed by atoms with Crippen LogP contribution in [0, 0.1) is 0 Å². The van der Waals surface area contributed by atoms with E-state index in [1.165, 1.54) is 0 Å². The Bertz CT molecular complexity index is 490. The molecule has 0 aromatic heterocycles. The number of aromatic hydroxyl groups is 1. The third-order valence-electron chi connectivity index (χ3n) is 1.70. The maximum atomic E-state index is 10.6. The molecule has 0 aliphatic carbocycles. The fourth-order valence-corrected chi connectivity index (χ4v) is 1.52. The van der Waals surface area contributed by atoms with E-state index in [-0.39, 0.29) is 5.56 Å². The minimum Gasteiger partial charge on any atom is -0.508 e. The van der Waals surface area contributed by atoms with E-state index in [1.807, 2.05) is 0 Å². The van der Waals surface area contributed by atoms with Gasteiger partial charge in [0.25, 0.3) is 10.1 Å². The maximum Gasteiger partial charge on any atom is 0.307 e. The molecule has 0 heterocycles. The lowest BCUT2D eigenvalue weighted by Gasteiger charge is -2.03. The Hall–Kier alpha value is -1.60. The molecular weight excluding hydrogens is 224 g/mol. The Morgan fingerprint density at radius 1 is 1.33 bits per heavy atom. The summed E-state index contributed by atoms with van der Waals surface area (Å²) >= 11 is 0. The van der Waals surface area contributed by atoms with E-state index in [0.717, 1.165) is 18.2 Å². The third-order valence-corrected chi connectivity index (χ3v) is 2.55. The molecule has 1 aromatic rings. The number of phenols is 1. The normalized spacial score (nSPS) is 11.3. The number of aliphatic carboxylic acids is 1. The van der Waals surface area contributed by atoms with Gasteiger partial charge in [0.1, 0.15) is 5.75 Å². The summed E-state index contributed by atoms with van der Waals surface area (Å²) in [5, 5.41) is 17.7. The Labute approximate surface area is 85.5 Å². The van der Waals surface area contributed by atoms with Gasteiger partial charge in [-0.25, -0.2) is 0 Å². The molecule has 0 fully saturated rings. The van der Waals surface area contributed by atoms with Gasteiger partial charge in [0, 0.05) is 11.6 Å². The predicted molar refractivity (Wildman–Crippen MR) is 49.3 cm³/mol. The summed E-state index contributed by atoms with van der Waals surface area (Å²) in [6.07, 6.45) is -0.419. The molecule has 1 aromatic carbocycles. The van der Waals surface area contributed by atoms with E-state index in [4.69, 9.17) is 9.66 Å². The summed E-state index contributed by atoms with van der Waals surface area (Å²) in [5.74, 6) is -1.63. The molecule has 6 nitrogen and oxygen atoms in total. The van der Waals surface area contributed by atoms with Gasteiger partial charge in [0.2, 0.25) is 0 Å². The van der Waals surface area contributed by atoms with Crippen LogP contribution < -0.4 is 0 Å². The second-order valence-electron chi connectivity index (χ2n) is 2.84. The van der Waals surface area contributed by atoms with E-state index in [1.54, 1.807) is 0 Å². The number of phenolic OH excluding ortho intramolecular Hbond substituents is 1. The van der Waals surface area contributed by atoms with Gasteiger partial charge in [-0.15, -0.1) is 0 Å². The first kappa shape index (κ1) is 11.5. The highest BCUT2D eigenvalue weighted by Crippen LogP contribution is 2.21. The van der Waals surface area contributed by atoms with Crippen molar-refractivity contribution in [3.05, 3.63) is 23.8 Å². The minimum atomic E-state index is -4.38. The number of carboxylic acid groups (broad SMARTS) is 1. The molecule has 0 aliphatic heterocycles. The van der Waals surface area contributed by atoms with Crippen LogP contribution >= 0.6 is 0 Å². The van der Waals surface area contributed by atoms with Crippen molar-refractivity contribution in [2.45, 2.75) is 11.3 Å². The summed E-state index contributed by atoms with van der Waals surface area (Å²) in [7, 11) is -4.38. The second kappa shape index (κ2) is 3.87. The van der Waals surface area contributed by atoms with Gasteiger partial charge >= 0.3 is 5.97 Å². The topological polar surface area (TPSA) is 112 Å². The highest BCUT2D eigenvalue weighted by molar-refractivity contribution is 7.85. The Morgan fingerprint density at radius 3 is 2.33 bits per heavy atom. The van der Waals surface area contributed by atoms with Crippen LogP contribution in [0.2, 0.25) is 0 Å². The summed E-state index contributed by atoms with van der Waals surface area (Å²) < 4.78 is 29.9. The Kier molecular flexibility index (Phi) is 2.96. The monoisotopic (exact) mass is 232 g/mol. The van der Waals surface area contributed by atoms with Crippen LogP contribution in [0.3, 0.4) is 0 Å². The van der Waals surface area contributed by atoms with Crippen molar-refractivity contribution in [3.8, 4) is 5.75 Å². The van der Waals surface area contributed by atoms with Crippen LogP contribution in [-0.2, 0) is 21.3 Å². The number of carboxylic acids is 1. The van der Waals surface area contributed by atoms with Gasteiger partial charge in [-0.05, 0) is 6.07 Å². The molecule has 0 atom stereocenters. The van der Waals surface area contributed by atoms with E-state index < -0.39 is 33.2 Å². The first-order valence-electron chi connectivity index (χ1n) is 3.82. The molecule has 0 bridgehead atoms. The van der Waals surface area contributed by atoms with Gasteiger partial charge in [-0.3, -0.25) is 9.35 Å². The van der Waals surface area contributed by atoms with Crippen LogP contribution in [0.15, 0.2) is 23.1 Å². The van der Waals surface area contributed by atoms with Crippen molar-refractivity contribution in [1.82, 2.24) is 0 Å². The van der Waals surface area contributed by atoms with E-state index in [2.05, 4.69) is 0 Å². The van der Waals surface area contributed by atoms with Crippen LogP contribution in [-0.4, -0.2) is 29.2 Å². The number of hydrogen-bond donors (Lipinski definition) is 3. The maximum absolute atomic E-state index is 10.6. The quantitative estimate of drug-likeness (QED) is 0.645. The molecule has 0 radical (unpaired) electrons. The second-order valence-corrected chi connectivity index (χ2v) is 4.26. The standard InChI is InChI=1S/C8H8O6S/c9-7-4-6(15(12,13)14)2-1-5(7)3-8(10)11/h1-2,4,9H,3H2,(H,10,11)(H,12,13,14). The number of hydrogen-bond acceptors (Lipinski definition) is 4. The molecular formula is C8H8O6S. The van der Waals surface area contributed by atoms with Crippen LogP contribution in [0.25, 0.3) is 0 Å². The summed E-state index contributed by atoms with van der Waals surface area (Å²) in [5.41, 5.74) is 0.0786. The van der Waals surface area contributed by atoms with Crippen LogP contribution in [0.5, 0.6) is 5.75 Å². The largest absolute Gasteiger partial charge is 0.508 e. The predicted octanol–water partition coefficient (Wildman–Crippen LogP) is 0.266. The molecule has 1 rings (SSSR count). The van der Waals surface area contributed by atoms with E-state index in [0.29, 0.717) is 0 Å². The molecule has 0 unspecified atom stereocenters. The molecule has 3 N–H and O–H groups in total. The van der Waals surface area contributed by atoms with Crippen LogP contribution in [0.1, 0.15) is 5.56 Å². The minimum absolute atomic E-state index is 0.0786. The fourth-order valence-electron chi connectivity index (χ4n) is 1.02. The average Bonchev–Trinajstić information content (AvgIpc) is 2.05. The summed E-state index contributed by atoms with van der Waals surface area (Å²) in [4.78, 5) is 9.85. The van der Waals surface area contributed by atoms with E-state index in [9.17, 15) is 18.3 Å². The van der Waals surface area contributed by atoms with Gasteiger partial charge in [-0.2, -0.15) is 8.42 Å². The van der Waals surface area contributed by atoms with Crippen molar-refractivity contribution >= 4 is 16.1 Å². The number of rotatable bonds is 3. The van der Waals surface area contributed by atoms with Gasteiger partial charge in [0.05, 0.1) is 11.3 Å². The lowest BCUT2D eigenvalue weighted by molar-refractivity contribution is -0.136. The fraction of sp³-hybridized carbons (Fsp3) is 0.125. The molecule has 82 valence electrons. The van der Waals surface area contributed by atoms with Gasteiger partial charge in [0.15, 0.2) is 0 Å². The van der Waals surface area contributed by atoms with Crippen molar-refractivity contribution in [2.24, 2.45) is 0 Å². The number of benzene rings is 1. The van der Waals surface area contributed by atoms with Crippen molar-refractivity contribution in [3.63, 3.8) is 0 Å². The zero-order valence-corrected chi connectivity index (χ0v) is 8.23. The van der Waals surface area contributed by atoms with Crippen molar-refractivity contribution in [2.75, 3.05) is 0 Å². The van der Waals surface area contributed by atoms with Crippen LogP contribution in [0.4, 0.5) is 0 Å². The zero-order valence-electron chi connectivity index (χ0n) is 7.41. The first-order valence-corrected chi connectivity index (χ1v) is 5.26. The SMILES string of the molecule is O=C(O)Cc1ccc(S(=O)(=O)O)cc1O. The number of carbonyl (C=O) groups is 1. The Morgan fingerprint density at radius 2 is 1.93 bits per heavy atom. The summed E-state index contributed by atoms with van der Waals surface area (Å²) in [6.45, 7) is 0. The molecule has 0 aliphatic rings. The lowest BCUT2D eigenvalue weighted by atomic mass is 10.1. The highest BCUT2D eigenvalue weighted by atomic mass is 32.2. The van der Waals surface area contributed by atoms with Gasteiger partial charge < -0.3 is 10.2 Å². The molecule has 0 saturated carbocycles. The zero-order chi connectivity index (χ0) is 11.6. The third kappa shape index (κ3) is 2.93. The average molecular weight is 232 g/mol. The van der Waals surface area contributed by atoms with Gasteiger partial charge in [-0.1, -0.05) is 6.07 Å². The molecule has 0 amide bonds. The van der Waals surface area contributed by atoms with Crippen molar-refractivity contribution in [1.29, 1.82) is 0 Å². The first-order chi connectivity index (χ1) is 6.80. The molecule has 0 saturated heterocycles. The lowest BCUT2D eigenvalue weighted by Crippen LogP contribution is -2.02. The highest BCUT2D eigenvalue weighted by Gasteiger charge is 2.13. The molecule has 7 heteroatoms. The smallest absolute Gasteiger partial charge is 0.307 e. The molecule has 15 heavy (non-hydrogen) atoms. The Balaban J connectivity index is 3.15. The van der Waals surface area contributed by atoms with Crippen molar-refractivity contribution < 1.29 is 28.0 Å². The molecule has 0 spiro atoms. The van der Waals surface area contributed by atoms with E-state index >= 15 is 0 Å². The summed E-state index contributed by atoms with van der Waals surface area (Å²) in [6, 6.07) is 2.95.